The summed E-state index contributed by atoms with van der Waals surface area (Å²) in [6.07, 6.45) is 3.77. The first-order chi connectivity index (χ1) is 12.1. The first-order valence-corrected chi connectivity index (χ1v) is 8.32. The highest BCUT2D eigenvalue weighted by molar-refractivity contribution is 5.70. The number of aromatic amines is 1. The van der Waals surface area contributed by atoms with Gasteiger partial charge >= 0.3 is 0 Å². The van der Waals surface area contributed by atoms with Gasteiger partial charge in [-0.2, -0.15) is 4.98 Å². The van der Waals surface area contributed by atoms with Crippen molar-refractivity contribution in [3.63, 3.8) is 0 Å². The Balaban J connectivity index is 2.22. The van der Waals surface area contributed by atoms with Crippen molar-refractivity contribution >= 4 is 29.7 Å². The van der Waals surface area contributed by atoms with Gasteiger partial charge in [-0.05, 0) is 12.8 Å². The number of ether oxygens (including phenoxy) is 1. The summed E-state index contributed by atoms with van der Waals surface area (Å²) in [5.41, 5.74) is 4.48. The number of nitrogens with one attached hydrogen (secondary N) is 1. The normalized spacial score (nSPS) is 12.7. The third kappa shape index (κ3) is 4.75. The Morgan fingerprint density at radius 1 is 1.23 bits per heavy atom. The third-order valence-electron chi connectivity index (χ3n) is 4.09. The number of hydrogen-bond acceptors (Lipinski definition) is 7. The molecule has 9 heteroatoms. The second-order valence-corrected chi connectivity index (χ2v) is 7.88. The Kier molecular flexibility index (Phi) is 5.60. The molecule has 0 atom stereocenters. The zero-order valence-corrected chi connectivity index (χ0v) is 15.5. The highest BCUT2D eigenvalue weighted by Gasteiger charge is 2.29. The zero-order valence-electron chi connectivity index (χ0n) is 15.5. The predicted octanol–water partition coefficient (Wildman–Crippen LogP) is 1.27. The van der Waals surface area contributed by atoms with Crippen LogP contribution in [0.2, 0.25) is 0 Å². The maximum atomic E-state index is 11.8. The van der Waals surface area contributed by atoms with Gasteiger partial charge in [-0.15, -0.1) is 0 Å². The number of carbonyl (C=O) groups excluding carboxylic acids is 2. The Hall–Kier alpha value is -2.55. The average Bonchev–Trinajstić information content (AvgIpc) is 2.95. The summed E-state index contributed by atoms with van der Waals surface area (Å²) in [5.74, 6) is -0.00928. The summed E-state index contributed by atoms with van der Waals surface area (Å²) in [7, 11) is 0. The van der Waals surface area contributed by atoms with Crippen LogP contribution in [0.5, 0.6) is 0 Å². The van der Waals surface area contributed by atoms with Gasteiger partial charge in [0.2, 0.25) is 5.95 Å². The van der Waals surface area contributed by atoms with Gasteiger partial charge in [0.05, 0.1) is 12.4 Å². The van der Waals surface area contributed by atoms with Crippen molar-refractivity contribution in [3.8, 4) is 0 Å². The second-order valence-electron chi connectivity index (χ2n) is 7.88. The summed E-state index contributed by atoms with van der Waals surface area (Å²) in [6.45, 7) is 7.34. The minimum absolute atomic E-state index is 0.00928. The fraction of sp³-hybridized carbons (Fsp3) is 0.588. The minimum atomic E-state index is -0.583. The molecule has 0 aliphatic heterocycles. The largest absolute Gasteiger partial charge is 0.369 e. The maximum absolute atomic E-state index is 11.8. The van der Waals surface area contributed by atoms with Crippen molar-refractivity contribution in [2.24, 2.45) is 10.8 Å². The van der Waals surface area contributed by atoms with Crippen LogP contribution in [-0.4, -0.2) is 38.2 Å². The molecule has 0 spiro atoms. The van der Waals surface area contributed by atoms with E-state index in [0.29, 0.717) is 18.5 Å². The first kappa shape index (κ1) is 19.8. The predicted molar refractivity (Wildman–Crippen MR) is 96.4 cm³/mol. The number of aromatic nitrogens is 4. The minimum Gasteiger partial charge on any atom is -0.369 e. The molecule has 3 N–H and O–H groups in total. The van der Waals surface area contributed by atoms with Crippen molar-refractivity contribution in [1.29, 1.82) is 0 Å². The molecule has 0 unspecified atom stereocenters. The number of aldehydes is 2. The van der Waals surface area contributed by atoms with Crippen LogP contribution in [-0.2, 0) is 21.1 Å². The molecule has 0 saturated carbocycles. The molecule has 142 valence electrons. The van der Waals surface area contributed by atoms with Crippen molar-refractivity contribution in [2.45, 2.75) is 53.4 Å². The average molecular weight is 363 g/mol. The van der Waals surface area contributed by atoms with E-state index in [1.807, 2.05) is 27.7 Å². The molecule has 2 aromatic rings. The smallest absolute Gasteiger partial charge is 0.280 e. The lowest BCUT2D eigenvalue weighted by Crippen LogP contribution is -2.30. The fourth-order valence-corrected chi connectivity index (χ4v) is 2.71. The number of nitrogens with two attached hydrogens (primary N) is 1. The van der Waals surface area contributed by atoms with Gasteiger partial charge < -0.3 is 20.1 Å². The van der Waals surface area contributed by atoms with E-state index in [1.165, 1.54) is 6.33 Å². The number of carbonyl (C=O) groups is 2. The van der Waals surface area contributed by atoms with Gasteiger partial charge in [-0.1, -0.05) is 27.7 Å². The van der Waals surface area contributed by atoms with E-state index >= 15 is 0 Å². The van der Waals surface area contributed by atoms with Crippen LogP contribution in [0.15, 0.2) is 11.1 Å². The van der Waals surface area contributed by atoms with Crippen molar-refractivity contribution in [3.05, 3.63) is 16.7 Å². The van der Waals surface area contributed by atoms with E-state index < -0.39 is 16.4 Å². The number of nitrogens with zero attached hydrogens (tertiary/aromatic N) is 3. The first-order valence-electron chi connectivity index (χ1n) is 8.32. The van der Waals surface area contributed by atoms with E-state index in [2.05, 4.69) is 15.0 Å². The number of fused-ring (bicyclic) bond motifs is 1. The van der Waals surface area contributed by atoms with Crippen molar-refractivity contribution in [1.82, 2.24) is 19.5 Å². The van der Waals surface area contributed by atoms with E-state index in [-0.39, 0.29) is 24.3 Å². The Morgan fingerprint density at radius 3 is 2.35 bits per heavy atom. The topological polar surface area (TPSA) is 133 Å². The van der Waals surface area contributed by atoms with Gasteiger partial charge in [-0.3, -0.25) is 14.3 Å². The number of H-pyrrole nitrogens is 1. The molecule has 2 heterocycles. The molecule has 0 amide bonds. The zero-order chi connectivity index (χ0) is 19.5. The summed E-state index contributed by atoms with van der Waals surface area (Å²) >= 11 is 0. The maximum Gasteiger partial charge on any atom is 0.280 e. The summed E-state index contributed by atoms with van der Waals surface area (Å²) in [4.78, 5) is 44.9. The SMILES string of the molecule is CC(C)(C=O)CC(CC(C)(C)C=O)OCn1cnc2c(=O)[nH]c(N)nc21. The quantitative estimate of drug-likeness (QED) is 0.641. The van der Waals surface area contributed by atoms with E-state index in [4.69, 9.17) is 10.5 Å². The lowest BCUT2D eigenvalue weighted by Gasteiger charge is -2.29. The molecule has 0 aliphatic rings. The Morgan fingerprint density at radius 2 is 1.81 bits per heavy atom. The van der Waals surface area contributed by atoms with Crippen LogP contribution in [0.1, 0.15) is 40.5 Å². The van der Waals surface area contributed by atoms with Crippen LogP contribution in [0.4, 0.5) is 5.95 Å². The van der Waals surface area contributed by atoms with E-state index in [1.54, 1.807) is 4.57 Å². The molecule has 26 heavy (non-hydrogen) atoms. The number of hydrogen-bond donors (Lipinski definition) is 2. The van der Waals surface area contributed by atoms with Crippen molar-refractivity contribution < 1.29 is 14.3 Å². The van der Waals surface area contributed by atoms with Crippen LogP contribution < -0.4 is 11.3 Å². The lowest BCUT2D eigenvalue weighted by atomic mass is 9.81. The summed E-state index contributed by atoms with van der Waals surface area (Å²) < 4.78 is 7.53. The van der Waals surface area contributed by atoms with Gasteiger partial charge in [0.15, 0.2) is 11.2 Å². The van der Waals surface area contributed by atoms with Crippen LogP contribution >= 0.6 is 0 Å². The molecule has 2 rings (SSSR count). The van der Waals surface area contributed by atoms with Crippen LogP contribution in [0.25, 0.3) is 11.2 Å². The monoisotopic (exact) mass is 363 g/mol. The summed E-state index contributed by atoms with van der Waals surface area (Å²) in [5, 5.41) is 0. The number of imidazole rings is 1. The van der Waals surface area contributed by atoms with Gasteiger partial charge in [-0.25, -0.2) is 4.98 Å². The highest BCUT2D eigenvalue weighted by Crippen LogP contribution is 2.29. The van der Waals surface area contributed by atoms with E-state index in [9.17, 15) is 14.4 Å². The molecule has 0 aliphatic carbocycles. The Labute approximate surface area is 151 Å². The third-order valence-corrected chi connectivity index (χ3v) is 4.09. The highest BCUT2D eigenvalue weighted by atomic mass is 16.5. The van der Waals surface area contributed by atoms with Gasteiger partial charge in [0.1, 0.15) is 19.3 Å². The fourth-order valence-electron chi connectivity index (χ4n) is 2.71. The molecule has 0 radical (unpaired) electrons. The van der Waals surface area contributed by atoms with Crippen molar-refractivity contribution in [2.75, 3.05) is 5.73 Å². The Bertz CT molecular complexity index is 830. The van der Waals surface area contributed by atoms with E-state index in [0.717, 1.165) is 12.6 Å². The summed E-state index contributed by atoms with van der Waals surface area (Å²) in [6, 6.07) is 0. The number of nitrogen functional groups attached to an aromatic ring is 1. The van der Waals surface area contributed by atoms with Gasteiger partial charge in [0.25, 0.3) is 5.56 Å². The molecule has 9 nitrogen and oxygen atoms in total. The molecule has 0 fully saturated rings. The molecule has 0 bridgehead atoms. The molecular weight excluding hydrogens is 338 g/mol. The second kappa shape index (κ2) is 7.36. The molecule has 0 aromatic carbocycles. The molecule has 0 saturated heterocycles. The lowest BCUT2D eigenvalue weighted by molar-refractivity contribution is -0.120. The molecule has 2 aromatic heterocycles. The standard InChI is InChI=1S/C17H25N5O4/c1-16(2,7-23)5-11(6-17(3,4)8-24)26-10-22-9-19-12-13(22)20-15(18)21-14(12)25/h7-9,11H,5-6,10H2,1-4H3,(H3,18,20,21,25). The number of anilines is 1. The van der Waals surface area contributed by atoms with Crippen LogP contribution in [0, 0.1) is 10.8 Å². The van der Waals surface area contributed by atoms with Crippen LogP contribution in [0.3, 0.4) is 0 Å². The molecular formula is C17H25N5O4. The number of rotatable bonds is 9. The van der Waals surface area contributed by atoms with Gasteiger partial charge in [0, 0.05) is 10.8 Å².